The van der Waals surface area contributed by atoms with E-state index in [9.17, 15) is 26.6 Å². The van der Waals surface area contributed by atoms with Gasteiger partial charge in [-0.1, -0.05) is 18.2 Å². The van der Waals surface area contributed by atoms with Crippen LogP contribution in [0.4, 0.5) is 28.0 Å². The molecule has 4 rings (SSSR count). The molecule has 0 spiro atoms. The Labute approximate surface area is 186 Å². The van der Waals surface area contributed by atoms with Crippen molar-refractivity contribution in [1.82, 2.24) is 14.8 Å². The van der Waals surface area contributed by atoms with Gasteiger partial charge in [-0.15, -0.1) is 4.36 Å². The van der Waals surface area contributed by atoms with Crippen molar-refractivity contribution in [2.45, 2.75) is 37.4 Å². The van der Waals surface area contributed by atoms with Crippen molar-refractivity contribution < 1.29 is 26.6 Å². The van der Waals surface area contributed by atoms with E-state index in [1.807, 2.05) is 0 Å². The highest BCUT2D eigenvalue weighted by Crippen LogP contribution is 2.38. The third-order valence-electron chi connectivity index (χ3n) is 5.12. The molecule has 3 aromatic rings. The van der Waals surface area contributed by atoms with E-state index in [0.717, 1.165) is 10.9 Å². The monoisotopic (exact) mass is 482 g/mol. The number of hydrogen-bond acceptors (Lipinski definition) is 4. The summed E-state index contributed by atoms with van der Waals surface area (Å²) < 4.78 is 71.9. The van der Waals surface area contributed by atoms with E-state index in [2.05, 4.69) is 19.8 Å². The Morgan fingerprint density at radius 3 is 2.61 bits per heavy atom. The lowest BCUT2D eigenvalue weighted by atomic mass is 10.1. The van der Waals surface area contributed by atoms with Gasteiger partial charge in [0.05, 0.1) is 17.6 Å². The summed E-state index contributed by atoms with van der Waals surface area (Å²) in [6.07, 6.45) is -2.49. The van der Waals surface area contributed by atoms with Gasteiger partial charge in [0.25, 0.3) is 0 Å². The average molecular weight is 482 g/mol. The number of rotatable bonds is 3. The molecule has 1 unspecified atom stereocenters. The van der Waals surface area contributed by atoms with Crippen molar-refractivity contribution in [3.63, 3.8) is 0 Å². The van der Waals surface area contributed by atoms with Crippen molar-refractivity contribution >= 4 is 21.6 Å². The second-order valence-electron chi connectivity index (χ2n) is 7.39. The molecule has 1 aliphatic carbocycles. The minimum absolute atomic E-state index is 0.107. The first-order chi connectivity index (χ1) is 15.5. The first-order valence-electron chi connectivity index (χ1n) is 9.73. The van der Waals surface area contributed by atoms with E-state index in [1.165, 1.54) is 6.92 Å². The van der Waals surface area contributed by atoms with Crippen LogP contribution in [0.3, 0.4) is 0 Å². The second kappa shape index (κ2) is 8.23. The largest absolute Gasteiger partial charge is 0.433 e. The average Bonchev–Trinajstić information content (AvgIpc) is 3.36. The lowest BCUT2D eigenvalue weighted by Crippen LogP contribution is -2.21. The molecule has 0 aliphatic heterocycles. The van der Waals surface area contributed by atoms with Crippen LogP contribution in [0, 0.1) is 12.7 Å². The van der Waals surface area contributed by atoms with Gasteiger partial charge in [0.2, 0.25) is 5.03 Å². The number of benzene rings is 1. The molecule has 0 radical (unpaired) electrons. The summed E-state index contributed by atoms with van der Waals surface area (Å²) >= 11 is 0. The molecule has 8 nitrogen and oxygen atoms in total. The SMILES string of the molecule is Cc1c(C(F)(F)F)nc2c(c1NC(=O)N=S(N)(=O)c1nn(-c3ccccc3)cc1F)CCC2. The number of nitrogens with zero attached hydrogens (tertiary/aromatic N) is 4. The molecular formula is C20H18F4N6O2S. The highest BCUT2D eigenvalue weighted by atomic mass is 32.2. The highest BCUT2D eigenvalue weighted by Gasteiger charge is 2.38. The van der Waals surface area contributed by atoms with Gasteiger partial charge in [-0.2, -0.15) is 18.3 Å². The molecule has 0 bridgehead atoms. The molecule has 33 heavy (non-hydrogen) atoms. The standard InChI is InChI=1S/C20H18F4N6O2S/c1-11-16(13-8-5-9-15(13)26-17(11)20(22,23)24)27-19(31)29-33(25,32)18-14(21)10-30(28-18)12-6-3-2-4-7-12/h2-4,6-7,10H,5,8-9H2,1H3,(H3,25,26,27,29,31,32). The van der Waals surface area contributed by atoms with Crippen molar-refractivity contribution in [2.75, 3.05) is 5.32 Å². The van der Waals surface area contributed by atoms with Gasteiger partial charge < -0.3 is 5.32 Å². The molecule has 2 aromatic heterocycles. The third kappa shape index (κ3) is 4.46. The maximum atomic E-state index is 14.4. The Kier molecular flexibility index (Phi) is 5.70. The van der Waals surface area contributed by atoms with Crippen LogP contribution in [0.25, 0.3) is 5.69 Å². The van der Waals surface area contributed by atoms with Gasteiger partial charge in [-0.05, 0) is 43.9 Å². The number of anilines is 1. The topological polar surface area (TPSA) is 115 Å². The number of nitrogens with two attached hydrogens (primary N) is 1. The first-order valence-corrected chi connectivity index (χ1v) is 11.3. The van der Waals surface area contributed by atoms with E-state index < -0.39 is 38.7 Å². The number of hydrogen-bond donors (Lipinski definition) is 2. The fourth-order valence-corrected chi connectivity index (χ4v) is 4.59. The van der Waals surface area contributed by atoms with Gasteiger partial charge in [0.1, 0.15) is 5.69 Å². The molecule has 3 N–H and O–H groups in total. The summed E-state index contributed by atoms with van der Waals surface area (Å²) in [5, 5.41) is 11.0. The normalized spacial score (nSPS) is 15.1. The Hall–Kier alpha value is -3.32. The number of carbonyl (C=O) groups excluding carboxylic acids is 1. The number of urea groups is 1. The number of aromatic nitrogens is 3. The molecule has 13 heteroatoms. The number of nitrogens with one attached hydrogen (secondary N) is 1. The smallest absolute Gasteiger partial charge is 0.305 e. The van der Waals surface area contributed by atoms with E-state index in [-0.39, 0.29) is 16.9 Å². The van der Waals surface area contributed by atoms with Gasteiger partial charge >= 0.3 is 12.2 Å². The van der Waals surface area contributed by atoms with E-state index >= 15 is 0 Å². The second-order valence-corrected chi connectivity index (χ2v) is 9.10. The number of amides is 2. The fraction of sp³-hybridized carbons (Fsp3) is 0.250. The summed E-state index contributed by atoms with van der Waals surface area (Å²) in [6, 6.07) is 7.03. The number of para-hydroxylation sites is 1. The Bertz CT molecular complexity index is 1360. The number of carbonyl (C=O) groups is 1. The van der Waals surface area contributed by atoms with Crippen molar-refractivity contribution in [3.8, 4) is 5.69 Å². The van der Waals surface area contributed by atoms with Gasteiger partial charge in [0, 0.05) is 11.3 Å². The molecule has 1 aliphatic rings. The third-order valence-corrected chi connectivity index (χ3v) is 6.39. The molecule has 0 saturated heterocycles. The lowest BCUT2D eigenvalue weighted by molar-refractivity contribution is -0.141. The van der Waals surface area contributed by atoms with Gasteiger partial charge in [0.15, 0.2) is 15.7 Å². The zero-order chi connectivity index (χ0) is 24.0. The van der Waals surface area contributed by atoms with Crippen LogP contribution in [-0.4, -0.2) is 25.0 Å². The van der Waals surface area contributed by atoms with Crippen LogP contribution in [0.2, 0.25) is 0 Å². The van der Waals surface area contributed by atoms with Gasteiger partial charge in [-0.25, -0.2) is 28.2 Å². The first kappa shape index (κ1) is 22.9. The summed E-state index contributed by atoms with van der Waals surface area (Å²) in [5.41, 5.74) is -0.403. The zero-order valence-electron chi connectivity index (χ0n) is 17.2. The number of alkyl halides is 3. The maximum Gasteiger partial charge on any atom is 0.433 e. The van der Waals surface area contributed by atoms with E-state index in [0.29, 0.717) is 30.5 Å². The van der Waals surface area contributed by atoms with Crippen LogP contribution in [0.5, 0.6) is 0 Å². The predicted molar refractivity (Wildman–Crippen MR) is 112 cm³/mol. The predicted octanol–water partition coefficient (Wildman–Crippen LogP) is 4.16. The lowest BCUT2D eigenvalue weighted by Gasteiger charge is -2.17. The fourth-order valence-electron chi connectivity index (χ4n) is 3.67. The van der Waals surface area contributed by atoms with Crippen LogP contribution in [0.1, 0.15) is 28.9 Å². The van der Waals surface area contributed by atoms with E-state index in [1.54, 1.807) is 30.3 Å². The number of pyridine rings is 1. The molecule has 1 atom stereocenters. The number of fused-ring (bicyclic) bond motifs is 1. The molecule has 2 heterocycles. The zero-order valence-corrected chi connectivity index (χ0v) is 18.0. The van der Waals surface area contributed by atoms with Crippen LogP contribution in [-0.2, 0) is 28.9 Å². The molecule has 0 saturated carbocycles. The Balaban J connectivity index is 1.69. The minimum Gasteiger partial charge on any atom is -0.305 e. The Morgan fingerprint density at radius 1 is 1.24 bits per heavy atom. The summed E-state index contributed by atoms with van der Waals surface area (Å²) in [6.45, 7) is 1.17. The highest BCUT2D eigenvalue weighted by molar-refractivity contribution is 7.91. The summed E-state index contributed by atoms with van der Waals surface area (Å²) in [4.78, 5) is 16.2. The van der Waals surface area contributed by atoms with E-state index in [4.69, 9.17) is 5.14 Å². The number of halogens is 4. The maximum absolute atomic E-state index is 14.4. The number of aryl methyl sites for hydroxylation is 1. The Morgan fingerprint density at radius 2 is 1.94 bits per heavy atom. The molecular weight excluding hydrogens is 464 g/mol. The van der Waals surface area contributed by atoms with Crippen LogP contribution >= 0.6 is 0 Å². The molecule has 0 fully saturated rings. The summed E-state index contributed by atoms with van der Waals surface area (Å²) in [7, 11) is -4.14. The van der Waals surface area contributed by atoms with Crippen LogP contribution in [0.15, 0.2) is 45.9 Å². The molecule has 1 aromatic carbocycles. The van der Waals surface area contributed by atoms with Crippen LogP contribution < -0.4 is 10.5 Å². The quantitative estimate of drug-likeness (QED) is 0.546. The molecule has 174 valence electrons. The van der Waals surface area contributed by atoms with Crippen molar-refractivity contribution in [2.24, 2.45) is 9.50 Å². The van der Waals surface area contributed by atoms with Crippen molar-refractivity contribution in [3.05, 3.63) is 64.9 Å². The van der Waals surface area contributed by atoms with Crippen molar-refractivity contribution in [1.29, 1.82) is 0 Å². The minimum atomic E-state index is -4.73. The molecule has 2 amide bonds. The summed E-state index contributed by atoms with van der Waals surface area (Å²) in [5.74, 6) is -1.05. The van der Waals surface area contributed by atoms with Gasteiger partial charge in [-0.3, -0.25) is 0 Å².